The van der Waals surface area contributed by atoms with E-state index in [1.165, 1.54) is 39.2 Å². The van der Waals surface area contributed by atoms with Crippen molar-refractivity contribution in [2.45, 2.75) is 80.7 Å². The van der Waals surface area contributed by atoms with Crippen molar-refractivity contribution in [2.75, 3.05) is 0 Å². The number of nitrogens with one attached hydrogen (secondary N) is 3. The summed E-state index contributed by atoms with van der Waals surface area (Å²) >= 11 is 0. The van der Waals surface area contributed by atoms with Crippen LogP contribution in [0.5, 0.6) is 5.75 Å². The molecule has 5 heteroatoms. The molecule has 1 aliphatic carbocycles. The first-order valence-electron chi connectivity index (χ1n) is 13.1. The summed E-state index contributed by atoms with van der Waals surface area (Å²) in [4.78, 5) is 0. The third-order valence-corrected chi connectivity index (χ3v) is 6.11. The SMILES string of the molecule is C=C(C)N/C(=C\C)c1ccc2c(c1)COc1cc3c(cc1-2)CCC1=C3NC(P)N1.CC.CC.CC.[HH].[HH]. The van der Waals surface area contributed by atoms with Crippen molar-refractivity contribution in [3.05, 3.63) is 76.6 Å². The van der Waals surface area contributed by atoms with Crippen molar-refractivity contribution in [3.8, 4) is 16.9 Å². The van der Waals surface area contributed by atoms with Crippen molar-refractivity contribution in [3.63, 3.8) is 0 Å². The van der Waals surface area contributed by atoms with Gasteiger partial charge in [0, 0.05) is 31.1 Å². The molecule has 2 unspecified atom stereocenters. The summed E-state index contributed by atoms with van der Waals surface area (Å²) in [7, 11) is 2.80. The maximum Gasteiger partial charge on any atom is 0.128 e. The first-order valence-corrected chi connectivity index (χ1v) is 13.7. The first kappa shape index (κ1) is 28.5. The van der Waals surface area contributed by atoms with Crippen LogP contribution in [0.15, 0.2) is 54.4 Å². The van der Waals surface area contributed by atoms with Crippen molar-refractivity contribution in [1.82, 2.24) is 16.0 Å². The molecule has 5 rings (SSSR count). The Labute approximate surface area is 218 Å². The van der Waals surface area contributed by atoms with Crippen LogP contribution < -0.4 is 20.7 Å². The normalized spacial score (nSPS) is 16.4. The predicted molar refractivity (Wildman–Crippen MR) is 161 cm³/mol. The number of hydrogen-bond acceptors (Lipinski definition) is 4. The molecule has 0 bridgehead atoms. The molecule has 35 heavy (non-hydrogen) atoms. The van der Waals surface area contributed by atoms with Gasteiger partial charge in [-0.3, -0.25) is 0 Å². The van der Waals surface area contributed by atoms with Gasteiger partial charge in [0.1, 0.15) is 18.3 Å². The van der Waals surface area contributed by atoms with Gasteiger partial charge in [-0.2, -0.15) is 0 Å². The summed E-state index contributed by atoms with van der Waals surface area (Å²) in [5.41, 5.74) is 12.0. The second-order valence-electron chi connectivity index (χ2n) is 7.89. The largest absolute Gasteiger partial charge is 0.488 e. The average molecular weight is 498 g/mol. The summed E-state index contributed by atoms with van der Waals surface area (Å²) in [6, 6.07) is 11.2. The van der Waals surface area contributed by atoms with Gasteiger partial charge in [0.05, 0.1) is 5.70 Å². The fourth-order valence-corrected chi connectivity index (χ4v) is 4.84. The van der Waals surface area contributed by atoms with E-state index in [1.54, 1.807) is 0 Å². The number of ether oxygens (including phenoxy) is 1. The summed E-state index contributed by atoms with van der Waals surface area (Å²) in [6.07, 6.45) is 4.17. The fourth-order valence-electron chi connectivity index (χ4n) is 4.47. The van der Waals surface area contributed by atoms with Gasteiger partial charge in [-0.1, -0.05) is 75.6 Å². The summed E-state index contributed by atoms with van der Waals surface area (Å²) in [5, 5.41) is 10.4. The molecule has 194 valence electrons. The van der Waals surface area contributed by atoms with Crippen molar-refractivity contribution < 1.29 is 7.59 Å². The van der Waals surface area contributed by atoms with Gasteiger partial charge in [-0.15, -0.1) is 0 Å². The molecule has 0 spiro atoms. The second-order valence-corrected chi connectivity index (χ2v) is 8.56. The molecule has 4 nitrogen and oxygen atoms in total. The van der Waals surface area contributed by atoms with Crippen LogP contribution >= 0.6 is 9.24 Å². The van der Waals surface area contributed by atoms with E-state index >= 15 is 0 Å². The molecule has 0 aromatic heterocycles. The minimum Gasteiger partial charge on any atom is -0.488 e. The minimum atomic E-state index is 0. The van der Waals surface area contributed by atoms with Crippen molar-refractivity contribution in [1.29, 1.82) is 0 Å². The third-order valence-electron chi connectivity index (χ3n) is 5.78. The predicted octanol–water partition coefficient (Wildman–Crippen LogP) is 8.27. The lowest BCUT2D eigenvalue weighted by Gasteiger charge is -2.26. The van der Waals surface area contributed by atoms with E-state index in [0.29, 0.717) is 6.61 Å². The van der Waals surface area contributed by atoms with Gasteiger partial charge in [-0.05, 0) is 67.1 Å². The zero-order valence-corrected chi connectivity index (χ0v) is 24.0. The standard InChI is InChI=1S/C24H26N3OP.3C2H6.2H2/c1-4-20(25-13(2)3)15-5-7-17-16(9-15)12-28-22-11-18-14(10-19(17)22)6-8-21-23(18)27-24(29)26-21;3*1-2;;/h4-5,7,9-11,24-27H,2,6,8,12,29H2,1,3H3;3*1-2H3;2*1H/b20-4-;;;;;. The monoisotopic (exact) mass is 497 g/mol. The Bertz CT molecular complexity index is 1110. The molecule has 0 radical (unpaired) electrons. The molecule has 2 aliphatic heterocycles. The molecule has 2 atom stereocenters. The van der Waals surface area contributed by atoms with Gasteiger partial charge in [0.25, 0.3) is 0 Å². The highest BCUT2D eigenvalue weighted by atomic mass is 31.0. The van der Waals surface area contributed by atoms with Crippen LogP contribution in [-0.4, -0.2) is 5.91 Å². The minimum absolute atomic E-state index is 0. The van der Waals surface area contributed by atoms with Crippen LogP contribution in [0.1, 0.15) is 86.9 Å². The smallest absolute Gasteiger partial charge is 0.128 e. The Balaban J connectivity index is 0.00000152. The van der Waals surface area contributed by atoms with Crippen LogP contribution in [0.25, 0.3) is 22.5 Å². The Morgan fingerprint density at radius 3 is 2.37 bits per heavy atom. The highest BCUT2D eigenvalue weighted by Gasteiger charge is 2.29. The van der Waals surface area contributed by atoms with Gasteiger partial charge >= 0.3 is 0 Å². The van der Waals surface area contributed by atoms with E-state index in [4.69, 9.17) is 4.74 Å². The number of rotatable bonds is 3. The van der Waals surface area contributed by atoms with E-state index in [0.717, 1.165) is 35.5 Å². The maximum absolute atomic E-state index is 6.21. The molecule has 3 aliphatic rings. The number of benzene rings is 2. The lowest BCUT2D eigenvalue weighted by molar-refractivity contribution is 0.302. The Morgan fingerprint density at radius 1 is 1.00 bits per heavy atom. The molecule has 3 N–H and O–H groups in total. The Kier molecular flexibility index (Phi) is 10.9. The molecular weight excluding hydrogens is 449 g/mol. The van der Waals surface area contributed by atoms with Crippen LogP contribution in [-0.2, 0) is 13.0 Å². The fraction of sp³-hybridized carbons (Fsp3) is 0.400. The molecule has 2 aromatic rings. The summed E-state index contributed by atoms with van der Waals surface area (Å²) in [5.74, 6) is 1.17. The van der Waals surface area contributed by atoms with Crippen LogP contribution in [0, 0.1) is 0 Å². The van der Waals surface area contributed by atoms with Crippen LogP contribution in [0.2, 0.25) is 0 Å². The molecular formula is C30H48N3OP. The molecule has 0 amide bonds. The summed E-state index contributed by atoms with van der Waals surface area (Å²) < 4.78 is 6.21. The zero-order chi connectivity index (χ0) is 26.1. The van der Waals surface area contributed by atoms with Crippen molar-refractivity contribution in [2.24, 2.45) is 0 Å². The summed E-state index contributed by atoms with van der Waals surface area (Å²) in [6.45, 7) is 20.6. The van der Waals surface area contributed by atoms with E-state index in [1.807, 2.05) is 55.4 Å². The van der Waals surface area contributed by atoms with E-state index in [2.05, 4.69) is 68.2 Å². The average Bonchev–Trinajstić information content (AvgIpc) is 3.30. The topological polar surface area (TPSA) is 45.3 Å². The molecule has 0 fully saturated rings. The van der Waals surface area contributed by atoms with Gasteiger partial charge in [0.2, 0.25) is 0 Å². The number of fused-ring (bicyclic) bond motifs is 5. The van der Waals surface area contributed by atoms with E-state index < -0.39 is 0 Å². The highest BCUT2D eigenvalue weighted by molar-refractivity contribution is 7.17. The Morgan fingerprint density at radius 2 is 1.71 bits per heavy atom. The number of allylic oxidation sites excluding steroid dienone is 3. The molecule has 0 saturated heterocycles. The zero-order valence-electron chi connectivity index (χ0n) is 22.9. The third kappa shape index (κ3) is 6.11. The Hall–Kier alpha value is -2.71. The molecule has 2 heterocycles. The maximum atomic E-state index is 6.21. The van der Waals surface area contributed by atoms with Gasteiger partial charge in [-0.25, -0.2) is 0 Å². The van der Waals surface area contributed by atoms with Gasteiger partial charge in [0.15, 0.2) is 0 Å². The number of aryl methyl sites for hydroxylation is 1. The lowest BCUT2D eigenvalue weighted by Crippen LogP contribution is -2.25. The molecule has 2 aromatic carbocycles. The quantitative estimate of drug-likeness (QED) is 0.374. The molecule has 0 saturated carbocycles. The lowest BCUT2D eigenvalue weighted by atomic mass is 9.87. The highest BCUT2D eigenvalue weighted by Crippen LogP contribution is 2.43. The first-order chi connectivity index (χ1) is 17.0. The second kappa shape index (κ2) is 13.4. The van der Waals surface area contributed by atoms with Gasteiger partial charge < -0.3 is 20.7 Å². The van der Waals surface area contributed by atoms with Crippen LogP contribution in [0.3, 0.4) is 0 Å². The number of hydrogen-bond donors (Lipinski definition) is 3. The van der Waals surface area contributed by atoms with E-state index in [9.17, 15) is 0 Å². The van der Waals surface area contributed by atoms with Crippen LogP contribution in [0.4, 0.5) is 0 Å². The van der Waals surface area contributed by atoms with E-state index in [-0.39, 0.29) is 8.76 Å². The van der Waals surface area contributed by atoms with Crippen molar-refractivity contribution >= 4 is 20.6 Å².